The van der Waals surface area contributed by atoms with Gasteiger partial charge in [-0.25, -0.2) is 0 Å². The standard InChI is InChI=1S/C55H101NO5/c1-3-5-7-9-11-13-15-17-19-20-21-22-23-27-31-35-39-43-47-53(58)52(51-57)56-54(59)48-44-40-36-32-28-25-26-30-34-38-42-46-50-61-55(60)49-45-41-37-33-29-24-18-16-14-12-10-8-6-4-2/h10,12,16,18,26,30,43,47,52-53,57-58H,3-9,11,13-15,17,19-25,27-29,31-42,44-46,48-51H2,1-2H3,(H,56,59)/b12-10-,18-16-,30-26-,47-43+. The second-order valence-corrected chi connectivity index (χ2v) is 17.8. The van der Waals surface area contributed by atoms with Gasteiger partial charge in [-0.3, -0.25) is 9.59 Å². The highest BCUT2D eigenvalue weighted by Gasteiger charge is 2.18. The summed E-state index contributed by atoms with van der Waals surface area (Å²) in [5.41, 5.74) is 0. The van der Waals surface area contributed by atoms with Gasteiger partial charge in [0.25, 0.3) is 0 Å². The Labute approximate surface area is 378 Å². The zero-order chi connectivity index (χ0) is 44.4. The van der Waals surface area contributed by atoms with Crippen LogP contribution in [0.15, 0.2) is 48.6 Å². The minimum Gasteiger partial charge on any atom is -0.466 e. The van der Waals surface area contributed by atoms with Crippen LogP contribution in [0.5, 0.6) is 0 Å². The molecule has 0 aliphatic carbocycles. The van der Waals surface area contributed by atoms with Crippen LogP contribution in [0, 0.1) is 0 Å². The fourth-order valence-electron chi connectivity index (χ4n) is 7.70. The van der Waals surface area contributed by atoms with Gasteiger partial charge in [-0.15, -0.1) is 0 Å². The molecule has 6 nitrogen and oxygen atoms in total. The van der Waals surface area contributed by atoms with E-state index >= 15 is 0 Å². The molecule has 356 valence electrons. The molecule has 0 rings (SSSR count). The van der Waals surface area contributed by atoms with E-state index in [4.69, 9.17) is 4.74 Å². The summed E-state index contributed by atoms with van der Waals surface area (Å²) in [6, 6.07) is -0.648. The fraction of sp³-hybridized carbons (Fsp3) is 0.818. The topological polar surface area (TPSA) is 95.9 Å². The Bertz CT molecular complexity index is 1040. The van der Waals surface area contributed by atoms with Crippen molar-refractivity contribution in [2.75, 3.05) is 13.2 Å². The molecule has 0 aliphatic heterocycles. The Morgan fingerprint density at radius 1 is 0.459 bits per heavy atom. The monoisotopic (exact) mass is 856 g/mol. The van der Waals surface area contributed by atoms with Gasteiger partial charge in [0.15, 0.2) is 0 Å². The van der Waals surface area contributed by atoms with E-state index in [0.29, 0.717) is 19.4 Å². The lowest BCUT2D eigenvalue weighted by Crippen LogP contribution is -2.45. The van der Waals surface area contributed by atoms with Crippen molar-refractivity contribution in [3.05, 3.63) is 48.6 Å². The quantitative estimate of drug-likeness (QED) is 0.0322. The first-order valence-corrected chi connectivity index (χ1v) is 26.4. The van der Waals surface area contributed by atoms with Crippen LogP contribution in [0.25, 0.3) is 0 Å². The van der Waals surface area contributed by atoms with Crippen molar-refractivity contribution in [1.82, 2.24) is 5.32 Å². The lowest BCUT2D eigenvalue weighted by molar-refractivity contribution is -0.143. The van der Waals surface area contributed by atoms with Gasteiger partial charge in [-0.2, -0.15) is 0 Å². The molecule has 0 aromatic heterocycles. The van der Waals surface area contributed by atoms with Crippen LogP contribution in [0.3, 0.4) is 0 Å². The SMILES string of the molecule is CCCC/C=C\C/C=C\CCCCCCCC(=O)OCCCCC/C=C\CCCCCCCC(=O)NC(CO)C(O)/C=C/CCCCCCCCCCCCCCCCCC. The third kappa shape index (κ3) is 47.1. The highest BCUT2D eigenvalue weighted by atomic mass is 16.5. The van der Waals surface area contributed by atoms with Gasteiger partial charge >= 0.3 is 5.97 Å². The Morgan fingerprint density at radius 3 is 1.31 bits per heavy atom. The van der Waals surface area contributed by atoms with Gasteiger partial charge in [0.1, 0.15) is 0 Å². The van der Waals surface area contributed by atoms with E-state index in [0.717, 1.165) is 103 Å². The Hall–Kier alpha value is -2.18. The average molecular weight is 856 g/mol. The molecule has 1 amide bonds. The van der Waals surface area contributed by atoms with E-state index < -0.39 is 12.1 Å². The number of ether oxygens (including phenoxy) is 1. The predicted molar refractivity (Wildman–Crippen MR) is 264 cm³/mol. The number of hydrogen-bond donors (Lipinski definition) is 3. The number of nitrogens with one attached hydrogen (secondary N) is 1. The number of unbranched alkanes of at least 4 members (excludes halogenated alkanes) is 31. The first kappa shape index (κ1) is 58.8. The maximum absolute atomic E-state index is 12.4. The van der Waals surface area contributed by atoms with E-state index in [1.54, 1.807) is 6.08 Å². The second-order valence-electron chi connectivity index (χ2n) is 17.8. The number of esters is 1. The Kier molecular flexibility index (Phi) is 48.7. The zero-order valence-electron chi connectivity index (χ0n) is 40.4. The zero-order valence-corrected chi connectivity index (χ0v) is 40.4. The van der Waals surface area contributed by atoms with Gasteiger partial charge in [0, 0.05) is 12.8 Å². The summed E-state index contributed by atoms with van der Waals surface area (Å²) in [5, 5.41) is 23.1. The van der Waals surface area contributed by atoms with Gasteiger partial charge in [-0.1, -0.05) is 210 Å². The van der Waals surface area contributed by atoms with Crippen molar-refractivity contribution in [2.45, 2.75) is 276 Å². The van der Waals surface area contributed by atoms with Crippen molar-refractivity contribution in [1.29, 1.82) is 0 Å². The minimum absolute atomic E-state index is 0.0396. The summed E-state index contributed by atoms with van der Waals surface area (Å²) in [6.45, 7) is 4.79. The van der Waals surface area contributed by atoms with Crippen molar-refractivity contribution in [2.24, 2.45) is 0 Å². The summed E-state index contributed by atoms with van der Waals surface area (Å²) in [6.07, 6.45) is 62.5. The number of amides is 1. The third-order valence-electron chi connectivity index (χ3n) is 11.8. The van der Waals surface area contributed by atoms with E-state index in [-0.39, 0.29) is 18.5 Å². The van der Waals surface area contributed by atoms with E-state index in [1.165, 1.54) is 135 Å². The van der Waals surface area contributed by atoms with Crippen molar-refractivity contribution in [3.63, 3.8) is 0 Å². The van der Waals surface area contributed by atoms with Crippen LogP contribution in [0.4, 0.5) is 0 Å². The summed E-state index contributed by atoms with van der Waals surface area (Å²) >= 11 is 0. The molecular formula is C55H101NO5. The number of allylic oxidation sites excluding steroid dienone is 7. The molecule has 0 spiro atoms. The molecule has 0 aromatic carbocycles. The van der Waals surface area contributed by atoms with E-state index in [9.17, 15) is 19.8 Å². The second kappa shape index (κ2) is 50.5. The van der Waals surface area contributed by atoms with Gasteiger partial charge < -0.3 is 20.3 Å². The molecule has 0 bridgehead atoms. The summed E-state index contributed by atoms with van der Waals surface area (Å²) in [4.78, 5) is 24.4. The molecule has 3 N–H and O–H groups in total. The van der Waals surface area contributed by atoms with Gasteiger partial charge in [-0.05, 0) is 89.9 Å². The normalized spacial score (nSPS) is 13.0. The molecule has 0 saturated carbocycles. The Balaban J connectivity index is 3.57. The summed E-state index contributed by atoms with van der Waals surface area (Å²) in [5.74, 6) is -0.134. The summed E-state index contributed by atoms with van der Waals surface area (Å²) < 4.78 is 5.43. The van der Waals surface area contributed by atoms with Crippen molar-refractivity contribution < 1.29 is 24.5 Å². The third-order valence-corrected chi connectivity index (χ3v) is 11.8. The van der Waals surface area contributed by atoms with Crippen LogP contribution in [0.1, 0.15) is 264 Å². The van der Waals surface area contributed by atoms with Crippen LogP contribution >= 0.6 is 0 Å². The maximum atomic E-state index is 12.4. The molecule has 0 radical (unpaired) electrons. The minimum atomic E-state index is -0.862. The number of carbonyl (C=O) groups is 2. The van der Waals surface area contributed by atoms with Crippen LogP contribution in [-0.2, 0) is 14.3 Å². The molecule has 6 heteroatoms. The Morgan fingerprint density at radius 2 is 0.836 bits per heavy atom. The highest BCUT2D eigenvalue weighted by Crippen LogP contribution is 2.15. The molecule has 0 aliphatic rings. The smallest absolute Gasteiger partial charge is 0.305 e. The molecule has 0 aromatic rings. The van der Waals surface area contributed by atoms with Crippen LogP contribution in [0.2, 0.25) is 0 Å². The highest BCUT2D eigenvalue weighted by molar-refractivity contribution is 5.76. The summed E-state index contributed by atoms with van der Waals surface area (Å²) in [7, 11) is 0. The van der Waals surface area contributed by atoms with Crippen molar-refractivity contribution in [3.8, 4) is 0 Å². The molecule has 2 atom stereocenters. The molecule has 2 unspecified atom stereocenters. The number of aliphatic hydroxyl groups excluding tert-OH is 2. The van der Waals surface area contributed by atoms with Crippen LogP contribution < -0.4 is 5.32 Å². The largest absolute Gasteiger partial charge is 0.466 e. The molecule has 0 fully saturated rings. The molecule has 61 heavy (non-hydrogen) atoms. The molecule has 0 saturated heterocycles. The maximum Gasteiger partial charge on any atom is 0.305 e. The lowest BCUT2D eigenvalue weighted by Gasteiger charge is -2.20. The lowest BCUT2D eigenvalue weighted by atomic mass is 10.0. The number of hydrogen-bond acceptors (Lipinski definition) is 5. The number of carbonyl (C=O) groups excluding carboxylic acids is 2. The first-order valence-electron chi connectivity index (χ1n) is 26.4. The van der Waals surface area contributed by atoms with Crippen molar-refractivity contribution >= 4 is 11.9 Å². The van der Waals surface area contributed by atoms with E-state index in [2.05, 4.69) is 55.6 Å². The predicted octanol–water partition coefficient (Wildman–Crippen LogP) is 15.8. The average Bonchev–Trinajstić information content (AvgIpc) is 3.26. The number of rotatable bonds is 48. The van der Waals surface area contributed by atoms with Gasteiger partial charge in [0.2, 0.25) is 5.91 Å². The molecule has 0 heterocycles. The molecular weight excluding hydrogens is 755 g/mol. The fourth-order valence-corrected chi connectivity index (χ4v) is 7.70. The van der Waals surface area contributed by atoms with Crippen LogP contribution in [-0.4, -0.2) is 47.4 Å². The van der Waals surface area contributed by atoms with E-state index in [1.807, 2.05) is 6.08 Å². The first-order chi connectivity index (χ1) is 30.0. The number of aliphatic hydroxyl groups is 2. The van der Waals surface area contributed by atoms with Gasteiger partial charge in [0.05, 0.1) is 25.4 Å².